The lowest BCUT2D eigenvalue weighted by atomic mass is 10.2. The zero-order chi connectivity index (χ0) is 11.2. The van der Waals surface area contributed by atoms with Gasteiger partial charge in [0.05, 0.1) is 11.1 Å². The van der Waals surface area contributed by atoms with Gasteiger partial charge in [0.15, 0.2) is 0 Å². The van der Waals surface area contributed by atoms with Crippen molar-refractivity contribution in [3.8, 4) is 0 Å². The minimum atomic E-state index is -0.508. The highest BCUT2D eigenvalue weighted by atomic mass is 127. The fourth-order valence-corrected chi connectivity index (χ4v) is 2.40. The number of hydrogen-bond donors (Lipinski definition) is 0. The van der Waals surface area contributed by atoms with Gasteiger partial charge >= 0.3 is 0 Å². The third kappa shape index (κ3) is 1.75. The van der Waals surface area contributed by atoms with Crippen LogP contribution < -0.4 is 0 Å². The lowest BCUT2D eigenvalue weighted by Crippen LogP contribution is -1.95. The van der Waals surface area contributed by atoms with Gasteiger partial charge in [-0.25, -0.2) is 13.8 Å². The van der Waals surface area contributed by atoms with Gasteiger partial charge in [0.25, 0.3) is 0 Å². The number of aromatic nitrogens is 1. The number of fused-ring (bicyclic) bond motifs is 1. The van der Waals surface area contributed by atoms with Crippen LogP contribution in [-0.4, -0.2) is 4.98 Å². The number of rotatable bonds is 0. The standard InChI is InChI=1S/C10H5BrF2IN/c1-4-9(14)8(11)7-5(12)2-3-6(13)10(7)15-4/h2-3H,1H3. The van der Waals surface area contributed by atoms with Gasteiger partial charge in [0, 0.05) is 8.04 Å². The Kier molecular flexibility index (Phi) is 2.94. The van der Waals surface area contributed by atoms with Crippen molar-refractivity contribution < 1.29 is 8.78 Å². The van der Waals surface area contributed by atoms with E-state index >= 15 is 0 Å². The number of aryl methyl sites for hydroxylation is 1. The predicted molar refractivity (Wildman–Crippen MR) is 66.8 cm³/mol. The van der Waals surface area contributed by atoms with Crippen molar-refractivity contribution in [3.63, 3.8) is 0 Å². The van der Waals surface area contributed by atoms with Gasteiger partial charge in [0.1, 0.15) is 17.2 Å². The number of pyridine rings is 1. The molecule has 0 saturated carbocycles. The molecule has 5 heteroatoms. The monoisotopic (exact) mass is 383 g/mol. The van der Waals surface area contributed by atoms with E-state index in [1.807, 2.05) is 22.6 Å². The van der Waals surface area contributed by atoms with E-state index in [9.17, 15) is 8.78 Å². The predicted octanol–water partition coefficient (Wildman–Crippen LogP) is 4.19. The first-order valence-corrected chi connectivity index (χ1v) is 5.99. The lowest BCUT2D eigenvalue weighted by Gasteiger charge is -2.07. The van der Waals surface area contributed by atoms with Crippen molar-refractivity contribution in [1.82, 2.24) is 4.98 Å². The molecule has 1 heterocycles. The van der Waals surface area contributed by atoms with Crippen molar-refractivity contribution in [2.24, 2.45) is 0 Å². The van der Waals surface area contributed by atoms with Crippen molar-refractivity contribution in [1.29, 1.82) is 0 Å². The van der Waals surface area contributed by atoms with Gasteiger partial charge in [-0.05, 0) is 57.6 Å². The average molecular weight is 384 g/mol. The summed E-state index contributed by atoms with van der Waals surface area (Å²) in [5.41, 5.74) is 0.749. The third-order valence-corrected chi connectivity index (χ3v) is 4.94. The van der Waals surface area contributed by atoms with E-state index < -0.39 is 11.6 Å². The molecule has 0 N–H and O–H groups in total. The number of benzene rings is 1. The van der Waals surface area contributed by atoms with Crippen LogP contribution in [0.1, 0.15) is 5.69 Å². The van der Waals surface area contributed by atoms with E-state index in [1.54, 1.807) is 6.92 Å². The molecule has 2 rings (SSSR count). The summed E-state index contributed by atoms with van der Waals surface area (Å²) in [5.74, 6) is -0.977. The van der Waals surface area contributed by atoms with Gasteiger partial charge in [-0.1, -0.05) is 0 Å². The second kappa shape index (κ2) is 3.93. The van der Waals surface area contributed by atoms with Gasteiger partial charge in [-0.3, -0.25) is 0 Å². The maximum Gasteiger partial charge on any atom is 0.149 e. The van der Waals surface area contributed by atoms with Crippen LogP contribution in [0, 0.1) is 22.1 Å². The Morgan fingerprint density at radius 2 is 1.87 bits per heavy atom. The summed E-state index contributed by atoms with van der Waals surface area (Å²) in [6.45, 7) is 1.76. The quantitative estimate of drug-likeness (QED) is 0.621. The van der Waals surface area contributed by atoms with Crippen molar-refractivity contribution in [2.45, 2.75) is 6.92 Å². The van der Waals surface area contributed by atoms with Crippen molar-refractivity contribution in [2.75, 3.05) is 0 Å². The molecule has 0 amide bonds. The Morgan fingerprint density at radius 1 is 1.27 bits per heavy atom. The third-order valence-electron chi connectivity index (χ3n) is 2.09. The molecular weight excluding hydrogens is 379 g/mol. The Hall–Kier alpha value is -0.300. The van der Waals surface area contributed by atoms with Crippen LogP contribution in [-0.2, 0) is 0 Å². The molecule has 15 heavy (non-hydrogen) atoms. The molecule has 0 aliphatic heterocycles. The van der Waals surface area contributed by atoms with E-state index in [4.69, 9.17) is 0 Å². The Morgan fingerprint density at radius 3 is 2.53 bits per heavy atom. The maximum absolute atomic E-state index is 13.5. The SMILES string of the molecule is Cc1nc2c(F)ccc(F)c2c(Br)c1I. The molecule has 78 valence electrons. The van der Waals surface area contributed by atoms with Crippen LogP contribution >= 0.6 is 38.5 Å². The maximum atomic E-state index is 13.5. The summed E-state index contributed by atoms with van der Waals surface area (Å²) in [6.07, 6.45) is 0. The smallest absolute Gasteiger partial charge is 0.149 e. The Bertz CT molecular complexity index is 557. The number of nitrogens with zero attached hydrogens (tertiary/aromatic N) is 1. The van der Waals surface area contributed by atoms with Crippen LogP contribution in [0.15, 0.2) is 16.6 Å². The molecule has 2 aromatic rings. The first-order chi connectivity index (χ1) is 7.02. The number of hydrogen-bond acceptors (Lipinski definition) is 1. The largest absolute Gasteiger partial charge is 0.249 e. The van der Waals surface area contributed by atoms with Crippen LogP contribution in [0.2, 0.25) is 0 Å². The van der Waals surface area contributed by atoms with Crippen LogP contribution in [0.3, 0.4) is 0 Å². The van der Waals surface area contributed by atoms with Crippen molar-refractivity contribution in [3.05, 3.63) is 37.5 Å². The highest BCUT2D eigenvalue weighted by molar-refractivity contribution is 14.1. The normalized spacial score (nSPS) is 11.0. The van der Waals surface area contributed by atoms with Crippen LogP contribution in [0.4, 0.5) is 8.78 Å². The first-order valence-electron chi connectivity index (χ1n) is 4.11. The molecular formula is C10H5BrF2IN. The summed E-state index contributed by atoms with van der Waals surface area (Å²) in [6, 6.07) is 2.19. The molecule has 0 unspecified atom stereocenters. The molecule has 0 atom stereocenters. The zero-order valence-corrected chi connectivity index (χ0v) is 11.4. The fraction of sp³-hybridized carbons (Fsp3) is 0.100. The van der Waals surface area contributed by atoms with E-state index in [0.717, 1.165) is 15.7 Å². The second-order valence-electron chi connectivity index (χ2n) is 3.08. The molecule has 1 aromatic carbocycles. The summed E-state index contributed by atoms with van der Waals surface area (Å²) in [5, 5.41) is 0.199. The Labute approximate surface area is 107 Å². The molecule has 1 nitrogen and oxygen atoms in total. The molecule has 0 aliphatic rings. The molecule has 0 radical (unpaired) electrons. The van der Waals surface area contributed by atoms with E-state index in [2.05, 4.69) is 20.9 Å². The molecule has 1 aromatic heterocycles. The van der Waals surface area contributed by atoms with E-state index in [-0.39, 0.29) is 10.9 Å². The topological polar surface area (TPSA) is 12.9 Å². The lowest BCUT2D eigenvalue weighted by molar-refractivity contribution is 0.614. The highest BCUT2D eigenvalue weighted by Crippen LogP contribution is 2.32. The van der Waals surface area contributed by atoms with E-state index in [1.165, 1.54) is 0 Å². The summed E-state index contributed by atoms with van der Waals surface area (Å²) in [4.78, 5) is 4.04. The van der Waals surface area contributed by atoms with Crippen LogP contribution in [0.5, 0.6) is 0 Å². The van der Waals surface area contributed by atoms with E-state index in [0.29, 0.717) is 10.2 Å². The summed E-state index contributed by atoms with van der Waals surface area (Å²) < 4.78 is 28.3. The average Bonchev–Trinajstić information content (AvgIpc) is 2.20. The van der Waals surface area contributed by atoms with Crippen molar-refractivity contribution >= 4 is 49.4 Å². The molecule has 0 bridgehead atoms. The first kappa shape index (κ1) is 11.2. The summed E-state index contributed by atoms with van der Waals surface area (Å²) >= 11 is 5.31. The zero-order valence-electron chi connectivity index (χ0n) is 7.61. The van der Waals surface area contributed by atoms with Gasteiger partial charge in [-0.15, -0.1) is 0 Å². The fourth-order valence-electron chi connectivity index (χ4n) is 1.34. The Balaban J connectivity index is 3.04. The minimum absolute atomic E-state index is 0.0693. The molecule has 0 saturated heterocycles. The molecule has 0 aliphatic carbocycles. The van der Waals surface area contributed by atoms with Gasteiger partial charge in [-0.2, -0.15) is 0 Å². The van der Waals surface area contributed by atoms with Crippen LogP contribution in [0.25, 0.3) is 10.9 Å². The van der Waals surface area contributed by atoms with Gasteiger partial charge in [0.2, 0.25) is 0 Å². The minimum Gasteiger partial charge on any atom is -0.249 e. The highest BCUT2D eigenvalue weighted by Gasteiger charge is 2.14. The second-order valence-corrected chi connectivity index (χ2v) is 4.95. The summed E-state index contributed by atoms with van der Waals surface area (Å²) in [7, 11) is 0. The molecule has 0 spiro atoms. The van der Waals surface area contributed by atoms with Gasteiger partial charge < -0.3 is 0 Å². The number of halogens is 4. The molecule has 0 fully saturated rings.